The third kappa shape index (κ3) is 2.32. The molecule has 3 aromatic rings. The molecule has 0 aliphatic rings. The molecule has 2 N–H and O–H groups in total. The van der Waals surface area contributed by atoms with Crippen molar-refractivity contribution in [3.05, 3.63) is 47.9 Å². The van der Waals surface area contributed by atoms with E-state index in [2.05, 4.69) is 15.8 Å². The second kappa shape index (κ2) is 4.89. The van der Waals surface area contributed by atoms with Crippen LogP contribution in [0.4, 0.5) is 13.9 Å². The van der Waals surface area contributed by atoms with Crippen molar-refractivity contribution in [3.8, 4) is 0 Å². The largest absolute Gasteiger partial charge is 0.459 e. The fourth-order valence-corrected chi connectivity index (χ4v) is 2.45. The van der Waals surface area contributed by atoms with Gasteiger partial charge in [-0.25, -0.2) is 13.8 Å². The minimum Gasteiger partial charge on any atom is -0.459 e. The summed E-state index contributed by atoms with van der Waals surface area (Å²) in [5.74, 6) is -1.80. The van der Waals surface area contributed by atoms with Gasteiger partial charge in [0.05, 0.1) is 11.0 Å². The normalized spacial score (nSPS) is 10.7. The van der Waals surface area contributed by atoms with Crippen LogP contribution in [0.2, 0.25) is 0 Å². The molecule has 2 aromatic heterocycles. The molecule has 5 nitrogen and oxygen atoms in total. The number of benzene rings is 1. The van der Waals surface area contributed by atoms with Gasteiger partial charge in [0.1, 0.15) is 11.3 Å². The number of hydrogen-bond acceptors (Lipinski definition) is 5. The number of aromatic nitrogens is 1. The molecule has 0 saturated heterocycles. The molecule has 20 heavy (non-hydrogen) atoms. The highest BCUT2D eigenvalue weighted by Gasteiger charge is 2.12. The third-order valence-corrected chi connectivity index (χ3v) is 3.36. The zero-order valence-corrected chi connectivity index (χ0v) is 10.6. The van der Waals surface area contributed by atoms with Crippen molar-refractivity contribution in [2.75, 3.05) is 5.43 Å². The zero-order valence-electron chi connectivity index (χ0n) is 9.81. The number of furan rings is 1. The Labute approximate surface area is 115 Å². The van der Waals surface area contributed by atoms with E-state index in [1.54, 1.807) is 6.07 Å². The lowest BCUT2D eigenvalue weighted by atomic mass is 10.3. The van der Waals surface area contributed by atoms with Crippen molar-refractivity contribution in [1.82, 2.24) is 10.4 Å². The predicted molar refractivity (Wildman–Crippen MR) is 69.3 cm³/mol. The first kappa shape index (κ1) is 12.5. The summed E-state index contributed by atoms with van der Waals surface area (Å²) in [5, 5.41) is 0.240. The molecule has 2 heterocycles. The number of amides is 1. The van der Waals surface area contributed by atoms with Crippen LogP contribution in [0, 0.1) is 11.6 Å². The number of carbonyl (C=O) groups is 1. The van der Waals surface area contributed by atoms with Crippen molar-refractivity contribution in [1.29, 1.82) is 0 Å². The molecule has 1 aromatic carbocycles. The van der Waals surface area contributed by atoms with Crippen molar-refractivity contribution in [3.63, 3.8) is 0 Å². The van der Waals surface area contributed by atoms with Gasteiger partial charge in [-0.1, -0.05) is 11.3 Å². The zero-order chi connectivity index (χ0) is 14.1. The van der Waals surface area contributed by atoms with Crippen LogP contribution in [0.5, 0.6) is 0 Å². The number of nitrogens with zero attached hydrogens (tertiary/aromatic N) is 1. The highest BCUT2D eigenvalue weighted by atomic mass is 32.1. The Morgan fingerprint density at radius 2 is 2.20 bits per heavy atom. The number of halogens is 2. The first-order valence-corrected chi connectivity index (χ1v) is 6.30. The molecule has 1 amide bonds. The Bertz CT molecular complexity index is 770. The Hall–Kier alpha value is -2.48. The number of nitrogens with one attached hydrogen (secondary N) is 2. The second-order valence-corrected chi connectivity index (χ2v) is 4.84. The van der Waals surface area contributed by atoms with Crippen molar-refractivity contribution in [2.45, 2.75) is 0 Å². The van der Waals surface area contributed by atoms with Gasteiger partial charge in [-0.15, -0.1) is 0 Å². The number of rotatable bonds is 3. The lowest BCUT2D eigenvalue weighted by molar-refractivity contribution is 0.0935. The maximum Gasteiger partial charge on any atom is 0.305 e. The van der Waals surface area contributed by atoms with Gasteiger partial charge >= 0.3 is 5.91 Å². The summed E-state index contributed by atoms with van der Waals surface area (Å²) in [6, 6.07) is 5.00. The van der Waals surface area contributed by atoms with E-state index >= 15 is 0 Å². The molecular weight excluding hydrogens is 288 g/mol. The lowest BCUT2D eigenvalue weighted by Gasteiger charge is -2.02. The summed E-state index contributed by atoms with van der Waals surface area (Å²) < 4.78 is 31.7. The second-order valence-electron chi connectivity index (χ2n) is 3.81. The molecular formula is C12H7F2N3O2S. The summed E-state index contributed by atoms with van der Waals surface area (Å²) in [6.07, 6.45) is 1.37. The van der Waals surface area contributed by atoms with Crippen LogP contribution in [0.3, 0.4) is 0 Å². The molecule has 3 rings (SSSR count). The van der Waals surface area contributed by atoms with E-state index in [0.29, 0.717) is 4.70 Å². The monoisotopic (exact) mass is 295 g/mol. The topological polar surface area (TPSA) is 67.2 Å². The molecule has 0 radical (unpaired) electrons. The summed E-state index contributed by atoms with van der Waals surface area (Å²) in [6.45, 7) is 0. The molecule has 0 spiro atoms. The molecule has 0 saturated carbocycles. The van der Waals surface area contributed by atoms with E-state index in [0.717, 1.165) is 17.4 Å². The lowest BCUT2D eigenvalue weighted by Crippen LogP contribution is -2.28. The molecule has 0 aliphatic carbocycles. The van der Waals surface area contributed by atoms with E-state index in [1.807, 2.05) is 0 Å². The van der Waals surface area contributed by atoms with Crippen LogP contribution in [0.25, 0.3) is 10.2 Å². The summed E-state index contributed by atoms with van der Waals surface area (Å²) in [4.78, 5) is 15.5. The maximum absolute atomic E-state index is 13.5. The van der Waals surface area contributed by atoms with Gasteiger partial charge in [0.25, 0.3) is 0 Å². The fourth-order valence-electron chi connectivity index (χ4n) is 1.59. The molecule has 8 heteroatoms. The Balaban J connectivity index is 1.78. The first-order chi connectivity index (χ1) is 9.63. The number of carbonyl (C=O) groups excluding carboxylic acids is 1. The molecule has 0 atom stereocenters. The summed E-state index contributed by atoms with van der Waals surface area (Å²) in [5.41, 5.74) is 4.92. The van der Waals surface area contributed by atoms with Crippen molar-refractivity contribution in [2.24, 2.45) is 0 Å². The highest BCUT2D eigenvalue weighted by Crippen LogP contribution is 2.28. The molecule has 0 fully saturated rings. The molecule has 0 bridgehead atoms. The number of anilines is 1. The molecule has 0 aliphatic heterocycles. The number of hydrazine groups is 1. The van der Waals surface area contributed by atoms with E-state index < -0.39 is 17.5 Å². The van der Waals surface area contributed by atoms with Gasteiger partial charge in [-0.05, 0) is 18.2 Å². The highest BCUT2D eigenvalue weighted by molar-refractivity contribution is 7.22. The van der Waals surface area contributed by atoms with Gasteiger partial charge in [-0.2, -0.15) is 0 Å². The number of fused-ring (bicyclic) bond motifs is 1. The van der Waals surface area contributed by atoms with Gasteiger partial charge in [-0.3, -0.25) is 15.6 Å². The van der Waals surface area contributed by atoms with E-state index in [4.69, 9.17) is 4.42 Å². The van der Waals surface area contributed by atoms with Crippen LogP contribution in [-0.4, -0.2) is 10.9 Å². The Morgan fingerprint density at radius 1 is 1.35 bits per heavy atom. The smallest absolute Gasteiger partial charge is 0.305 e. The van der Waals surface area contributed by atoms with Crippen LogP contribution < -0.4 is 10.9 Å². The van der Waals surface area contributed by atoms with E-state index in [-0.39, 0.29) is 16.4 Å². The minimum absolute atomic E-state index is 0.0474. The standard InChI is InChI=1S/C12H7F2N3O2S/c13-6-4-7(14)10-9(5-6)20-12(15-10)17-16-11(18)8-2-1-3-19-8/h1-5H,(H,15,17)(H,16,18). The van der Waals surface area contributed by atoms with Crippen LogP contribution in [0.15, 0.2) is 34.9 Å². The summed E-state index contributed by atoms with van der Waals surface area (Å²) in [7, 11) is 0. The van der Waals surface area contributed by atoms with Gasteiger partial charge in [0.2, 0.25) is 5.13 Å². The van der Waals surface area contributed by atoms with Crippen molar-refractivity contribution >= 4 is 32.6 Å². The van der Waals surface area contributed by atoms with Crippen LogP contribution >= 0.6 is 11.3 Å². The quantitative estimate of drug-likeness (QED) is 0.729. The SMILES string of the molecule is O=C(NNc1nc2c(F)cc(F)cc2s1)c1ccco1. The number of thiazole rings is 1. The molecule has 102 valence electrons. The fraction of sp³-hybridized carbons (Fsp3) is 0. The van der Waals surface area contributed by atoms with E-state index in [9.17, 15) is 13.6 Å². The average molecular weight is 295 g/mol. The van der Waals surface area contributed by atoms with Gasteiger partial charge in [0, 0.05) is 6.07 Å². The van der Waals surface area contributed by atoms with Gasteiger partial charge < -0.3 is 4.42 Å². The summed E-state index contributed by atoms with van der Waals surface area (Å²) >= 11 is 1.02. The van der Waals surface area contributed by atoms with Crippen LogP contribution in [0.1, 0.15) is 10.6 Å². The van der Waals surface area contributed by atoms with Crippen LogP contribution in [-0.2, 0) is 0 Å². The minimum atomic E-state index is -0.748. The maximum atomic E-state index is 13.5. The first-order valence-electron chi connectivity index (χ1n) is 5.49. The van der Waals surface area contributed by atoms with E-state index in [1.165, 1.54) is 18.4 Å². The van der Waals surface area contributed by atoms with Crippen molar-refractivity contribution < 1.29 is 18.0 Å². The molecule has 0 unspecified atom stereocenters. The predicted octanol–water partition coefficient (Wildman–Crippen LogP) is 2.92. The van der Waals surface area contributed by atoms with Gasteiger partial charge in [0.15, 0.2) is 11.6 Å². The Morgan fingerprint density at radius 3 is 2.95 bits per heavy atom. The number of hydrogen-bond donors (Lipinski definition) is 2. The average Bonchev–Trinajstić information content (AvgIpc) is 3.04. The Kier molecular flexibility index (Phi) is 3.07. The third-order valence-electron chi connectivity index (χ3n) is 2.44.